The Kier molecular flexibility index (Phi) is 6.17. The number of aromatic hydroxyl groups is 1. The average molecular weight is 313 g/mol. The lowest BCUT2D eigenvalue weighted by Gasteiger charge is -2.07. The smallest absolute Gasteiger partial charge is 0.306 e. The maximum Gasteiger partial charge on any atom is 0.306 e. The lowest BCUT2D eigenvalue weighted by molar-refractivity contribution is -0.145. The van der Waals surface area contributed by atoms with Crippen molar-refractivity contribution in [3.8, 4) is 5.75 Å². The zero-order chi connectivity index (χ0) is 16.5. The van der Waals surface area contributed by atoms with Gasteiger partial charge in [-0.25, -0.2) is 0 Å². The summed E-state index contributed by atoms with van der Waals surface area (Å²) in [6, 6.07) is 15.8. The van der Waals surface area contributed by atoms with E-state index in [0.29, 0.717) is 13.0 Å². The van der Waals surface area contributed by atoms with E-state index in [-0.39, 0.29) is 36.2 Å². The number of carbonyl (C=O) groups excluding carboxylic acids is 2. The molecule has 0 bridgehead atoms. The highest BCUT2D eigenvalue weighted by molar-refractivity contribution is 5.96. The number of phenolic OH excluding ortho intramolecular Hbond substituents is 1. The number of esters is 1. The number of benzene rings is 2. The minimum Gasteiger partial charge on any atom is -0.507 e. The van der Waals surface area contributed by atoms with E-state index >= 15 is 0 Å². The number of phenols is 1. The molecule has 0 heterocycles. The van der Waals surface area contributed by atoms with Crippen molar-refractivity contribution in [1.29, 1.82) is 0 Å². The maximum atomic E-state index is 11.8. The lowest BCUT2D eigenvalue weighted by Crippen LogP contribution is -2.25. The second kappa shape index (κ2) is 8.58. The third kappa shape index (κ3) is 5.47. The zero-order valence-corrected chi connectivity index (χ0v) is 12.7. The molecule has 0 spiro atoms. The Hall–Kier alpha value is -2.82. The van der Waals surface area contributed by atoms with Crippen LogP contribution in [0.15, 0.2) is 54.6 Å². The number of amides is 1. The fraction of sp³-hybridized carbons (Fsp3) is 0.222. The molecule has 0 fully saturated rings. The lowest BCUT2D eigenvalue weighted by atomic mass is 10.2. The van der Waals surface area contributed by atoms with Crippen molar-refractivity contribution in [1.82, 2.24) is 5.32 Å². The summed E-state index contributed by atoms with van der Waals surface area (Å²) in [6.07, 6.45) is 0.709. The molecule has 0 radical (unpaired) electrons. The highest BCUT2D eigenvalue weighted by atomic mass is 16.5. The molecule has 1 amide bonds. The molecule has 2 aromatic carbocycles. The Balaban J connectivity index is 1.64. The molecule has 0 unspecified atom stereocenters. The Morgan fingerprint density at radius 3 is 2.43 bits per heavy atom. The van der Waals surface area contributed by atoms with Gasteiger partial charge in [-0.1, -0.05) is 42.5 Å². The molecule has 0 saturated carbocycles. The van der Waals surface area contributed by atoms with E-state index in [1.54, 1.807) is 18.2 Å². The largest absolute Gasteiger partial charge is 0.507 e. The van der Waals surface area contributed by atoms with Crippen molar-refractivity contribution in [3.63, 3.8) is 0 Å². The van der Waals surface area contributed by atoms with E-state index in [9.17, 15) is 14.7 Å². The summed E-state index contributed by atoms with van der Waals surface area (Å²) >= 11 is 0. The molecular formula is C18H19NO4. The molecule has 2 N–H and O–H groups in total. The third-order valence-electron chi connectivity index (χ3n) is 3.23. The first kappa shape index (κ1) is 16.5. The van der Waals surface area contributed by atoms with Gasteiger partial charge in [0.25, 0.3) is 5.91 Å². The van der Waals surface area contributed by atoms with Gasteiger partial charge in [0.2, 0.25) is 0 Å². The minimum atomic E-state index is -0.360. The number of nitrogens with one attached hydrogen (secondary N) is 1. The van der Waals surface area contributed by atoms with Gasteiger partial charge in [-0.05, 0) is 24.1 Å². The predicted molar refractivity (Wildman–Crippen MR) is 85.9 cm³/mol. The van der Waals surface area contributed by atoms with E-state index in [4.69, 9.17) is 4.74 Å². The Morgan fingerprint density at radius 2 is 1.70 bits per heavy atom. The zero-order valence-electron chi connectivity index (χ0n) is 12.7. The van der Waals surface area contributed by atoms with Gasteiger partial charge >= 0.3 is 5.97 Å². The van der Waals surface area contributed by atoms with Gasteiger partial charge in [-0.2, -0.15) is 0 Å². The molecule has 5 heteroatoms. The van der Waals surface area contributed by atoms with Crippen LogP contribution in [0, 0.1) is 0 Å². The Labute approximate surface area is 134 Å². The summed E-state index contributed by atoms with van der Waals surface area (Å²) in [6.45, 7) is 0.595. The minimum absolute atomic E-state index is 0.0627. The molecule has 0 aliphatic heterocycles. The van der Waals surface area contributed by atoms with E-state index in [2.05, 4.69) is 5.32 Å². The van der Waals surface area contributed by atoms with Crippen LogP contribution < -0.4 is 5.32 Å². The second-order valence-electron chi connectivity index (χ2n) is 5.02. The summed E-state index contributed by atoms with van der Waals surface area (Å²) in [5, 5.41) is 12.2. The Bertz CT molecular complexity index is 655. The molecule has 2 aromatic rings. The van der Waals surface area contributed by atoms with E-state index in [1.165, 1.54) is 6.07 Å². The van der Waals surface area contributed by atoms with Gasteiger partial charge in [-0.3, -0.25) is 9.59 Å². The highest BCUT2D eigenvalue weighted by Gasteiger charge is 2.10. The van der Waals surface area contributed by atoms with E-state index in [1.807, 2.05) is 30.3 Å². The molecule has 5 nitrogen and oxygen atoms in total. The first-order valence-electron chi connectivity index (χ1n) is 7.42. The molecule has 23 heavy (non-hydrogen) atoms. The number of para-hydroxylation sites is 1. The number of ether oxygens (including phenoxy) is 1. The number of carbonyl (C=O) groups is 2. The highest BCUT2D eigenvalue weighted by Crippen LogP contribution is 2.14. The van der Waals surface area contributed by atoms with Crippen molar-refractivity contribution in [2.24, 2.45) is 0 Å². The molecule has 120 valence electrons. The van der Waals surface area contributed by atoms with Crippen LogP contribution in [-0.2, 0) is 16.1 Å². The summed E-state index contributed by atoms with van der Waals surface area (Å²) < 4.78 is 5.15. The third-order valence-corrected chi connectivity index (χ3v) is 3.23. The normalized spacial score (nSPS) is 10.1. The standard InChI is InChI=1S/C18H19NO4/c20-16-10-5-4-9-15(16)18(22)19-12-6-11-17(21)23-13-14-7-2-1-3-8-14/h1-5,7-10,20H,6,11-13H2,(H,19,22). The topological polar surface area (TPSA) is 75.6 Å². The Morgan fingerprint density at radius 1 is 1.00 bits per heavy atom. The van der Waals surface area contributed by atoms with Crippen molar-refractivity contribution < 1.29 is 19.4 Å². The first-order valence-corrected chi connectivity index (χ1v) is 7.42. The molecule has 0 saturated heterocycles. The van der Waals surface area contributed by atoms with Crippen LogP contribution in [0.5, 0.6) is 5.75 Å². The van der Waals surface area contributed by atoms with Crippen LogP contribution in [0.4, 0.5) is 0 Å². The summed E-state index contributed by atoms with van der Waals surface area (Å²) in [5.41, 5.74) is 1.16. The van der Waals surface area contributed by atoms with Crippen LogP contribution in [0.2, 0.25) is 0 Å². The molecular weight excluding hydrogens is 294 g/mol. The summed E-state index contributed by atoms with van der Waals surface area (Å²) in [5.74, 6) is -0.723. The van der Waals surface area contributed by atoms with Crippen LogP contribution in [0.25, 0.3) is 0 Å². The first-order chi connectivity index (χ1) is 11.2. The molecule has 0 aromatic heterocycles. The van der Waals surface area contributed by atoms with Gasteiger partial charge < -0.3 is 15.2 Å². The monoisotopic (exact) mass is 313 g/mol. The molecule has 0 atom stereocenters. The van der Waals surface area contributed by atoms with Gasteiger partial charge in [0.05, 0.1) is 5.56 Å². The predicted octanol–water partition coefficient (Wildman–Crippen LogP) is 2.65. The van der Waals surface area contributed by atoms with Gasteiger partial charge in [0.15, 0.2) is 0 Å². The molecule has 0 aliphatic carbocycles. The van der Waals surface area contributed by atoms with Gasteiger partial charge in [0, 0.05) is 13.0 Å². The van der Waals surface area contributed by atoms with Crippen molar-refractivity contribution in [2.45, 2.75) is 19.4 Å². The van der Waals surface area contributed by atoms with Gasteiger partial charge in [0.1, 0.15) is 12.4 Å². The van der Waals surface area contributed by atoms with E-state index in [0.717, 1.165) is 5.56 Å². The molecule has 2 rings (SSSR count). The number of hydrogen-bond donors (Lipinski definition) is 2. The van der Waals surface area contributed by atoms with Crippen molar-refractivity contribution in [2.75, 3.05) is 6.54 Å². The molecule has 0 aliphatic rings. The van der Waals surface area contributed by atoms with Crippen LogP contribution in [0.3, 0.4) is 0 Å². The number of hydrogen-bond acceptors (Lipinski definition) is 4. The fourth-order valence-electron chi connectivity index (χ4n) is 2.01. The SMILES string of the molecule is O=C(CCCNC(=O)c1ccccc1O)OCc1ccccc1. The average Bonchev–Trinajstić information content (AvgIpc) is 2.58. The summed E-state index contributed by atoms with van der Waals surface area (Å²) in [4.78, 5) is 23.4. The van der Waals surface area contributed by atoms with Crippen LogP contribution in [-0.4, -0.2) is 23.5 Å². The number of rotatable bonds is 7. The summed E-state index contributed by atoms with van der Waals surface area (Å²) in [7, 11) is 0. The second-order valence-corrected chi connectivity index (χ2v) is 5.02. The quantitative estimate of drug-likeness (QED) is 0.608. The maximum absolute atomic E-state index is 11.8. The van der Waals surface area contributed by atoms with Crippen molar-refractivity contribution in [3.05, 3.63) is 65.7 Å². The van der Waals surface area contributed by atoms with Crippen LogP contribution >= 0.6 is 0 Å². The fourth-order valence-corrected chi connectivity index (χ4v) is 2.01. The van der Waals surface area contributed by atoms with E-state index < -0.39 is 0 Å². The van der Waals surface area contributed by atoms with Gasteiger partial charge in [-0.15, -0.1) is 0 Å². The van der Waals surface area contributed by atoms with Crippen LogP contribution in [0.1, 0.15) is 28.8 Å². The van der Waals surface area contributed by atoms with Crippen molar-refractivity contribution >= 4 is 11.9 Å².